The van der Waals surface area contributed by atoms with E-state index in [1.54, 1.807) is 0 Å². The molecule has 0 fully saturated rings. The second-order valence-corrected chi connectivity index (χ2v) is 31.5. The van der Waals surface area contributed by atoms with E-state index < -0.39 is 97.5 Å². The molecule has 0 aromatic heterocycles. The number of phosphoric ester groups is 2. The van der Waals surface area contributed by atoms with Gasteiger partial charge in [-0.3, -0.25) is 37.3 Å². The van der Waals surface area contributed by atoms with Gasteiger partial charge in [-0.1, -0.05) is 323 Å². The van der Waals surface area contributed by atoms with E-state index in [-0.39, 0.29) is 25.7 Å². The van der Waals surface area contributed by atoms with Gasteiger partial charge in [-0.25, -0.2) is 9.13 Å². The largest absolute Gasteiger partial charge is 0.472 e. The molecule has 0 aliphatic heterocycles. The van der Waals surface area contributed by atoms with E-state index in [0.29, 0.717) is 25.7 Å². The van der Waals surface area contributed by atoms with E-state index in [4.69, 9.17) is 37.0 Å². The minimum absolute atomic E-state index is 0.0839. The Bertz CT molecular complexity index is 1980. The Kier molecular flexibility index (Phi) is 66.3. The zero-order valence-electron chi connectivity index (χ0n) is 63.0. The van der Waals surface area contributed by atoms with E-state index in [1.807, 2.05) is 0 Å². The van der Waals surface area contributed by atoms with Crippen molar-refractivity contribution in [2.75, 3.05) is 39.6 Å². The van der Waals surface area contributed by atoms with Crippen molar-refractivity contribution in [3.63, 3.8) is 0 Å². The number of hydrogen-bond acceptors (Lipinski definition) is 15. The number of esters is 4. The molecule has 3 N–H and O–H groups in total. The van der Waals surface area contributed by atoms with E-state index >= 15 is 0 Å². The molecular formula is C78H148O17P2. The van der Waals surface area contributed by atoms with Crippen LogP contribution in [0.5, 0.6) is 0 Å². The maximum Gasteiger partial charge on any atom is 0.472 e. The SMILES string of the molecule is CCCCCC/C=C\C=C/CCCCCCCC(=O)O[C@H](COC(=O)CCCCCCCCC(C)CC)COP(=O)(O)OC[C@H](O)COP(=O)(O)OC[C@@H](COC(=O)CCCCCCCCCCCCCC(C)C)OC(=O)CCCCCCCCCCCCCCCCCC(C)C. The highest BCUT2D eigenvalue weighted by atomic mass is 31.2. The van der Waals surface area contributed by atoms with Gasteiger partial charge in [0, 0.05) is 25.7 Å². The summed E-state index contributed by atoms with van der Waals surface area (Å²) < 4.78 is 68.5. The van der Waals surface area contributed by atoms with Crippen LogP contribution < -0.4 is 0 Å². The van der Waals surface area contributed by atoms with Gasteiger partial charge in [-0.2, -0.15) is 0 Å². The minimum Gasteiger partial charge on any atom is -0.462 e. The van der Waals surface area contributed by atoms with Gasteiger partial charge < -0.3 is 33.8 Å². The number of carbonyl (C=O) groups excluding carboxylic acids is 4. The first kappa shape index (κ1) is 94.5. The van der Waals surface area contributed by atoms with Gasteiger partial charge >= 0.3 is 39.5 Å². The third kappa shape index (κ3) is 70.4. The summed E-state index contributed by atoms with van der Waals surface area (Å²) in [5, 5.41) is 10.6. The summed E-state index contributed by atoms with van der Waals surface area (Å²) in [5.41, 5.74) is 0. The van der Waals surface area contributed by atoms with Gasteiger partial charge in [0.25, 0.3) is 0 Å². The molecule has 0 amide bonds. The average Bonchev–Trinajstić information content (AvgIpc) is 1.04. The summed E-state index contributed by atoms with van der Waals surface area (Å²) in [4.78, 5) is 72.9. The topological polar surface area (TPSA) is 237 Å². The van der Waals surface area contributed by atoms with E-state index in [9.17, 15) is 43.2 Å². The highest BCUT2D eigenvalue weighted by Gasteiger charge is 2.30. The van der Waals surface area contributed by atoms with Crippen LogP contribution in [0.2, 0.25) is 0 Å². The Morgan fingerprint density at radius 2 is 0.608 bits per heavy atom. The lowest BCUT2D eigenvalue weighted by Crippen LogP contribution is -2.30. The predicted octanol–water partition coefficient (Wildman–Crippen LogP) is 22.5. The molecule has 0 aliphatic rings. The standard InChI is InChI=1S/C78H148O17P2/c1-8-10-11-12-13-14-15-16-18-22-27-33-38-47-54-62-78(83)95-74(66-89-76(81)60-53-46-41-40-44-51-58-71(7)9-2)68-93-97(86,87)91-64-72(79)63-90-96(84,85)92-67-73(65-88-75(80)59-52-45-37-32-29-24-26-31-36-43-50-57-70(5)6)94-77(82)61-55-48-39-34-28-23-20-17-19-21-25-30-35-42-49-56-69(3)4/h14-16,18,69-74,79H,8-13,17,19-68H2,1-7H3,(H,84,85)(H,86,87)/b15-14-,18-16-/t71?,72-,73-,74-/m1/s1. The summed E-state index contributed by atoms with van der Waals surface area (Å²) in [5.74, 6) is 0.152. The molecule has 0 aliphatic carbocycles. The van der Waals surface area contributed by atoms with Crippen LogP contribution in [-0.2, 0) is 65.4 Å². The van der Waals surface area contributed by atoms with Crippen LogP contribution in [0.1, 0.15) is 376 Å². The molecule has 0 rings (SSSR count). The summed E-state index contributed by atoms with van der Waals surface area (Å²) in [6.45, 7) is 11.8. The first-order valence-corrected chi connectivity index (χ1v) is 42.7. The molecule has 17 nitrogen and oxygen atoms in total. The van der Waals surface area contributed by atoms with Crippen LogP contribution in [0.15, 0.2) is 24.3 Å². The van der Waals surface area contributed by atoms with Crippen LogP contribution in [-0.4, -0.2) is 96.7 Å². The highest BCUT2D eigenvalue weighted by molar-refractivity contribution is 7.47. The van der Waals surface area contributed by atoms with Crippen LogP contribution in [0.25, 0.3) is 0 Å². The van der Waals surface area contributed by atoms with Crippen molar-refractivity contribution in [3.05, 3.63) is 24.3 Å². The number of carbonyl (C=O) groups is 4. The zero-order chi connectivity index (χ0) is 71.6. The van der Waals surface area contributed by atoms with Crippen LogP contribution in [0, 0.1) is 17.8 Å². The van der Waals surface area contributed by atoms with Crippen molar-refractivity contribution < 1.29 is 80.2 Å². The maximum atomic E-state index is 13.1. The fourth-order valence-electron chi connectivity index (χ4n) is 11.4. The molecule has 0 spiro atoms. The molecule has 0 aromatic rings. The molecule has 0 bridgehead atoms. The quantitative estimate of drug-likeness (QED) is 0.0169. The maximum absolute atomic E-state index is 13.1. The number of aliphatic hydroxyl groups excluding tert-OH is 1. The smallest absolute Gasteiger partial charge is 0.462 e. The molecule has 0 saturated heterocycles. The number of rotatable bonds is 74. The van der Waals surface area contributed by atoms with Gasteiger partial charge in [0.15, 0.2) is 12.2 Å². The van der Waals surface area contributed by atoms with Crippen LogP contribution in [0.4, 0.5) is 0 Å². The normalized spacial score (nSPS) is 14.5. The number of unbranched alkanes of at least 4 members (excludes halogenated alkanes) is 38. The van der Waals surface area contributed by atoms with Crippen LogP contribution in [0.3, 0.4) is 0 Å². The molecule has 97 heavy (non-hydrogen) atoms. The van der Waals surface area contributed by atoms with Crippen molar-refractivity contribution in [2.45, 2.75) is 394 Å². The van der Waals surface area contributed by atoms with Crippen molar-refractivity contribution in [2.24, 2.45) is 17.8 Å². The van der Waals surface area contributed by atoms with Crippen molar-refractivity contribution in [1.29, 1.82) is 0 Å². The third-order valence-electron chi connectivity index (χ3n) is 17.9. The van der Waals surface area contributed by atoms with Crippen molar-refractivity contribution in [1.82, 2.24) is 0 Å². The molecule has 0 radical (unpaired) electrons. The minimum atomic E-state index is -4.97. The summed E-state index contributed by atoms with van der Waals surface area (Å²) in [7, 11) is -9.93. The molecule has 572 valence electrons. The van der Waals surface area contributed by atoms with Gasteiger partial charge in [-0.05, 0) is 69.1 Å². The van der Waals surface area contributed by atoms with Gasteiger partial charge in [0.05, 0.1) is 26.4 Å². The van der Waals surface area contributed by atoms with Crippen molar-refractivity contribution >= 4 is 39.5 Å². The van der Waals surface area contributed by atoms with E-state index in [2.05, 4.69) is 72.8 Å². The summed E-state index contributed by atoms with van der Waals surface area (Å²) in [6, 6.07) is 0. The van der Waals surface area contributed by atoms with Gasteiger partial charge in [0.2, 0.25) is 0 Å². The molecule has 3 unspecified atom stereocenters. The Hall–Kier alpha value is -2.46. The molecule has 0 heterocycles. The molecule has 0 aromatic carbocycles. The van der Waals surface area contributed by atoms with Crippen LogP contribution >= 0.6 is 15.6 Å². The summed E-state index contributed by atoms with van der Waals surface area (Å²) >= 11 is 0. The molecule has 0 saturated carbocycles. The Morgan fingerprint density at radius 1 is 0.340 bits per heavy atom. The second kappa shape index (κ2) is 68.0. The van der Waals surface area contributed by atoms with E-state index in [0.717, 1.165) is 127 Å². The first-order valence-electron chi connectivity index (χ1n) is 39.7. The lowest BCUT2D eigenvalue weighted by atomic mass is 10.00. The third-order valence-corrected chi connectivity index (χ3v) is 19.8. The second-order valence-electron chi connectivity index (χ2n) is 28.6. The average molecular weight is 1420 g/mol. The number of ether oxygens (including phenoxy) is 4. The Labute approximate surface area is 592 Å². The number of hydrogen-bond donors (Lipinski definition) is 3. The Morgan fingerprint density at radius 3 is 0.918 bits per heavy atom. The highest BCUT2D eigenvalue weighted by Crippen LogP contribution is 2.45. The van der Waals surface area contributed by atoms with Crippen molar-refractivity contribution in [3.8, 4) is 0 Å². The Balaban J connectivity index is 5.28. The predicted molar refractivity (Wildman–Crippen MR) is 395 cm³/mol. The fraction of sp³-hybridized carbons (Fsp3) is 0.897. The first-order chi connectivity index (χ1) is 46.8. The monoisotopic (exact) mass is 1420 g/mol. The number of aliphatic hydroxyl groups is 1. The lowest BCUT2D eigenvalue weighted by Gasteiger charge is -2.21. The van der Waals surface area contributed by atoms with Gasteiger partial charge in [-0.15, -0.1) is 0 Å². The number of phosphoric acid groups is 2. The lowest BCUT2D eigenvalue weighted by molar-refractivity contribution is -0.161. The molecular weight excluding hydrogens is 1270 g/mol. The molecule has 6 atom stereocenters. The van der Waals surface area contributed by atoms with Gasteiger partial charge in [0.1, 0.15) is 19.3 Å². The fourth-order valence-corrected chi connectivity index (χ4v) is 13.0. The number of allylic oxidation sites excluding steroid dienone is 4. The van der Waals surface area contributed by atoms with E-state index in [1.165, 1.54) is 167 Å². The molecule has 19 heteroatoms. The zero-order valence-corrected chi connectivity index (χ0v) is 64.8. The summed E-state index contributed by atoms with van der Waals surface area (Å²) in [6.07, 6.45) is 57.7.